The molecule has 168 valence electrons. The Morgan fingerprint density at radius 1 is 1.23 bits per heavy atom. The minimum Gasteiger partial charge on any atom is -0.414 e. The van der Waals surface area contributed by atoms with Crippen LogP contribution in [0.1, 0.15) is 40.8 Å². The van der Waals surface area contributed by atoms with E-state index in [0.717, 1.165) is 4.57 Å². The Hall–Kier alpha value is -1.66. The molecule has 2 fully saturated rings. The van der Waals surface area contributed by atoms with Crippen molar-refractivity contribution in [2.45, 2.75) is 83.1 Å². The van der Waals surface area contributed by atoms with Crippen LogP contribution in [0, 0.1) is 5.82 Å². The van der Waals surface area contributed by atoms with E-state index in [9.17, 15) is 18.8 Å². The van der Waals surface area contributed by atoms with E-state index in [2.05, 4.69) is 33.9 Å². The number of H-pyrrole nitrogens is 1. The molecule has 4 atom stereocenters. The number of halogens is 1. The normalized spacial score (nSPS) is 29.1. The standard InChI is InChI=1S/C19H29FN2O7Si/c1-18(2,3)30(6,7)26-9-11-13-14(29-19(4,5)28-13)12(23)16(27-11)22-8-10(20)15(24)21-17(22)25/h8,11,13-14,16H,9H2,1-7H3,(H,21,24,25)/t11-,13+,14-,16-/m1/s1. The molecule has 0 saturated carbocycles. The SMILES string of the molecule is CC1(C)O[C@@H]2[C@H](O1)C(=O)[C@H](n1cc(F)c(=O)[nH]c1=O)O[C@@H]2CO[Si](C)(C)C(C)(C)C. The lowest BCUT2D eigenvalue weighted by atomic mass is 10.00. The van der Waals surface area contributed by atoms with Gasteiger partial charge in [0, 0.05) is 0 Å². The van der Waals surface area contributed by atoms with Crippen LogP contribution in [0.15, 0.2) is 15.8 Å². The minimum absolute atomic E-state index is 0.0540. The van der Waals surface area contributed by atoms with Gasteiger partial charge in [-0.25, -0.2) is 4.79 Å². The molecule has 3 rings (SSSR count). The van der Waals surface area contributed by atoms with E-state index in [0.29, 0.717) is 6.20 Å². The predicted octanol–water partition coefficient (Wildman–Crippen LogP) is 1.68. The first kappa shape index (κ1) is 23.0. The van der Waals surface area contributed by atoms with Crippen molar-refractivity contribution >= 4 is 14.1 Å². The Morgan fingerprint density at radius 2 is 1.87 bits per heavy atom. The molecule has 1 aromatic rings. The summed E-state index contributed by atoms with van der Waals surface area (Å²) in [5.41, 5.74) is -2.13. The number of ketones is 1. The molecule has 1 N–H and O–H groups in total. The van der Waals surface area contributed by atoms with Gasteiger partial charge in [0.1, 0.15) is 12.2 Å². The number of hydrogen-bond donors (Lipinski definition) is 1. The topological polar surface area (TPSA) is 109 Å². The highest BCUT2D eigenvalue weighted by Gasteiger charge is 2.56. The zero-order valence-electron chi connectivity index (χ0n) is 18.3. The number of carbonyl (C=O) groups is 1. The van der Waals surface area contributed by atoms with Crippen molar-refractivity contribution in [3.8, 4) is 0 Å². The number of fused-ring (bicyclic) bond motifs is 1. The molecule has 0 aliphatic carbocycles. The molecule has 0 spiro atoms. The maximum atomic E-state index is 13.8. The van der Waals surface area contributed by atoms with Crippen LogP contribution in [-0.2, 0) is 23.4 Å². The number of ether oxygens (including phenoxy) is 3. The number of nitrogens with one attached hydrogen (secondary N) is 1. The van der Waals surface area contributed by atoms with Gasteiger partial charge in [-0.1, -0.05) is 20.8 Å². The van der Waals surface area contributed by atoms with Crippen molar-refractivity contribution in [2.24, 2.45) is 0 Å². The summed E-state index contributed by atoms with van der Waals surface area (Å²) in [6.45, 7) is 13.9. The Kier molecular flexibility index (Phi) is 5.74. The molecule has 30 heavy (non-hydrogen) atoms. The summed E-state index contributed by atoms with van der Waals surface area (Å²) in [6.07, 6.45) is -3.31. The second-order valence-corrected chi connectivity index (χ2v) is 14.5. The van der Waals surface area contributed by atoms with Gasteiger partial charge in [-0.15, -0.1) is 0 Å². The zero-order valence-corrected chi connectivity index (χ0v) is 19.3. The molecule has 3 heterocycles. The fourth-order valence-electron chi connectivity index (χ4n) is 3.21. The van der Waals surface area contributed by atoms with E-state index < -0.39 is 61.5 Å². The quantitative estimate of drug-likeness (QED) is 0.704. The zero-order chi connectivity index (χ0) is 22.6. The first-order valence-electron chi connectivity index (χ1n) is 9.83. The van der Waals surface area contributed by atoms with Gasteiger partial charge in [0.2, 0.25) is 17.8 Å². The highest BCUT2D eigenvalue weighted by Crippen LogP contribution is 2.40. The van der Waals surface area contributed by atoms with Gasteiger partial charge >= 0.3 is 5.69 Å². The van der Waals surface area contributed by atoms with Crippen LogP contribution in [0.25, 0.3) is 0 Å². The average molecular weight is 445 g/mol. The van der Waals surface area contributed by atoms with Crippen LogP contribution in [-0.4, -0.2) is 54.4 Å². The number of hydrogen-bond acceptors (Lipinski definition) is 7. The first-order valence-corrected chi connectivity index (χ1v) is 12.7. The van der Waals surface area contributed by atoms with E-state index in [1.54, 1.807) is 13.8 Å². The highest BCUT2D eigenvalue weighted by molar-refractivity contribution is 6.74. The van der Waals surface area contributed by atoms with Crippen LogP contribution >= 0.6 is 0 Å². The molecule has 2 saturated heterocycles. The van der Waals surface area contributed by atoms with E-state index >= 15 is 0 Å². The molecule has 2 aliphatic heterocycles. The van der Waals surface area contributed by atoms with Gasteiger partial charge in [-0.3, -0.25) is 19.1 Å². The van der Waals surface area contributed by atoms with Gasteiger partial charge < -0.3 is 18.6 Å². The lowest BCUT2D eigenvalue weighted by Crippen LogP contribution is -2.56. The van der Waals surface area contributed by atoms with Crippen molar-refractivity contribution in [2.75, 3.05) is 6.61 Å². The molecule has 0 aromatic carbocycles. The van der Waals surface area contributed by atoms with Gasteiger partial charge in [-0.2, -0.15) is 4.39 Å². The van der Waals surface area contributed by atoms with Crippen LogP contribution < -0.4 is 11.2 Å². The van der Waals surface area contributed by atoms with Gasteiger partial charge in [0.05, 0.1) is 12.8 Å². The Bertz CT molecular complexity index is 949. The number of nitrogens with zero attached hydrogens (tertiary/aromatic N) is 1. The first-order chi connectivity index (χ1) is 13.6. The third-order valence-corrected chi connectivity index (χ3v) is 10.4. The van der Waals surface area contributed by atoms with Crippen molar-refractivity contribution in [1.29, 1.82) is 0 Å². The predicted molar refractivity (Wildman–Crippen MR) is 107 cm³/mol. The molecule has 9 nitrogen and oxygen atoms in total. The van der Waals surface area contributed by atoms with Crippen LogP contribution in [0.5, 0.6) is 0 Å². The monoisotopic (exact) mass is 444 g/mol. The number of carbonyl (C=O) groups excluding carboxylic acids is 1. The smallest absolute Gasteiger partial charge is 0.330 e. The largest absolute Gasteiger partial charge is 0.414 e. The second-order valence-electron chi connectivity index (χ2n) is 9.66. The number of rotatable bonds is 4. The Labute approximate surface area is 174 Å². The van der Waals surface area contributed by atoms with E-state index in [1.807, 2.05) is 4.98 Å². The Morgan fingerprint density at radius 3 is 2.47 bits per heavy atom. The summed E-state index contributed by atoms with van der Waals surface area (Å²) in [4.78, 5) is 38.4. The van der Waals surface area contributed by atoms with E-state index in [4.69, 9.17) is 18.6 Å². The maximum Gasteiger partial charge on any atom is 0.330 e. The van der Waals surface area contributed by atoms with Gasteiger partial charge in [-0.05, 0) is 32.0 Å². The summed E-state index contributed by atoms with van der Waals surface area (Å²) in [7, 11) is -2.15. The fourth-order valence-corrected chi connectivity index (χ4v) is 4.22. The summed E-state index contributed by atoms with van der Waals surface area (Å²) < 4.78 is 38.3. The Balaban J connectivity index is 1.94. The molecule has 2 aliphatic rings. The summed E-state index contributed by atoms with van der Waals surface area (Å²) in [5, 5.41) is -0.0540. The van der Waals surface area contributed by atoms with E-state index in [-0.39, 0.29) is 11.6 Å². The van der Waals surface area contributed by atoms with Crippen LogP contribution in [0.3, 0.4) is 0 Å². The molecule has 11 heteroatoms. The molecular weight excluding hydrogens is 415 g/mol. The number of Topliss-reactive ketones (excluding diaryl/α,β-unsaturated/α-hetero) is 1. The van der Waals surface area contributed by atoms with E-state index in [1.165, 1.54) is 0 Å². The van der Waals surface area contributed by atoms with Crippen molar-refractivity contribution in [3.05, 3.63) is 32.9 Å². The molecule has 0 radical (unpaired) electrons. The van der Waals surface area contributed by atoms with Crippen LogP contribution in [0.2, 0.25) is 18.1 Å². The molecule has 0 unspecified atom stereocenters. The van der Waals surface area contributed by atoms with Gasteiger partial charge in [0.25, 0.3) is 5.56 Å². The average Bonchev–Trinajstić information content (AvgIpc) is 2.93. The minimum atomic E-state index is -2.15. The third kappa shape index (κ3) is 4.21. The lowest BCUT2D eigenvalue weighted by molar-refractivity contribution is -0.184. The summed E-state index contributed by atoms with van der Waals surface area (Å²) in [5.74, 6) is -2.84. The van der Waals surface area contributed by atoms with Crippen molar-refractivity contribution < 1.29 is 27.8 Å². The maximum absolute atomic E-state index is 13.8. The van der Waals surface area contributed by atoms with Crippen LogP contribution in [0.4, 0.5) is 4.39 Å². The third-order valence-electron chi connectivity index (χ3n) is 5.91. The number of aromatic nitrogens is 2. The second kappa shape index (κ2) is 7.48. The summed E-state index contributed by atoms with van der Waals surface area (Å²) >= 11 is 0. The summed E-state index contributed by atoms with van der Waals surface area (Å²) in [6, 6.07) is 0. The molecular formula is C19H29FN2O7Si. The molecule has 0 amide bonds. The van der Waals surface area contributed by atoms with Crippen molar-refractivity contribution in [3.63, 3.8) is 0 Å². The van der Waals surface area contributed by atoms with Gasteiger partial charge in [0.15, 0.2) is 20.2 Å². The lowest BCUT2D eigenvalue weighted by Gasteiger charge is -2.40. The number of aromatic amines is 1. The highest BCUT2D eigenvalue weighted by atomic mass is 28.4. The van der Waals surface area contributed by atoms with Crippen molar-refractivity contribution in [1.82, 2.24) is 9.55 Å². The molecule has 0 bridgehead atoms. The fraction of sp³-hybridized carbons (Fsp3) is 0.737. The molecule has 1 aromatic heterocycles.